The van der Waals surface area contributed by atoms with Gasteiger partial charge in [0.2, 0.25) is 0 Å². The number of benzene rings is 1. The molecule has 8 nitrogen and oxygen atoms in total. The van der Waals surface area contributed by atoms with Gasteiger partial charge in [-0.15, -0.1) is 5.10 Å². The average Bonchev–Trinajstić information content (AvgIpc) is 3.48. The number of pyridine rings is 1. The second-order valence-electron chi connectivity index (χ2n) is 9.69. The lowest BCUT2D eigenvalue weighted by molar-refractivity contribution is 0.140. The maximum absolute atomic E-state index is 13.1. The Morgan fingerprint density at radius 2 is 1.97 bits per heavy atom. The molecule has 1 atom stereocenters. The predicted octanol–water partition coefficient (Wildman–Crippen LogP) is 5.02. The van der Waals surface area contributed by atoms with E-state index < -0.39 is 0 Å². The van der Waals surface area contributed by atoms with E-state index in [9.17, 15) is 4.79 Å². The number of H-pyrrole nitrogens is 1. The fourth-order valence-corrected chi connectivity index (χ4v) is 4.53. The van der Waals surface area contributed by atoms with Crippen LogP contribution in [-0.2, 0) is 18.6 Å². The van der Waals surface area contributed by atoms with Gasteiger partial charge in [-0.3, -0.25) is 9.69 Å². The molecule has 180 valence electrons. The first kappa shape index (κ1) is 23.9. The van der Waals surface area contributed by atoms with Crippen molar-refractivity contribution < 1.29 is 4.42 Å². The number of nitrogens with zero attached hydrogens (tertiary/aromatic N) is 5. The Bertz CT molecular complexity index is 1320. The van der Waals surface area contributed by atoms with Gasteiger partial charge < -0.3 is 9.40 Å². The van der Waals surface area contributed by atoms with E-state index in [1.54, 1.807) is 6.26 Å². The molecule has 0 fully saturated rings. The van der Waals surface area contributed by atoms with Gasteiger partial charge in [-0.25, -0.2) is 4.68 Å². The Morgan fingerprint density at radius 1 is 1.18 bits per heavy atom. The molecule has 0 spiro atoms. The minimum absolute atomic E-state index is 0.0766. The molecule has 0 saturated heterocycles. The maximum Gasteiger partial charge on any atom is 0.252 e. The van der Waals surface area contributed by atoms with Crippen molar-refractivity contribution in [1.29, 1.82) is 0 Å². The van der Waals surface area contributed by atoms with Crippen molar-refractivity contribution >= 4 is 10.9 Å². The number of fused-ring (bicyclic) bond motifs is 1. The van der Waals surface area contributed by atoms with E-state index in [4.69, 9.17) is 4.42 Å². The first-order valence-electron chi connectivity index (χ1n) is 11.9. The summed E-state index contributed by atoms with van der Waals surface area (Å²) < 4.78 is 7.60. The van der Waals surface area contributed by atoms with Gasteiger partial charge in [0, 0.05) is 12.1 Å². The lowest BCUT2D eigenvalue weighted by Crippen LogP contribution is -2.36. The Kier molecular flexibility index (Phi) is 6.70. The fourth-order valence-electron chi connectivity index (χ4n) is 4.53. The van der Waals surface area contributed by atoms with E-state index in [1.807, 2.05) is 29.8 Å². The number of aromatic amines is 1. The normalized spacial score (nSPS) is 13.1. The molecule has 1 unspecified atom stereocenters. The number of aromatic nitrogens is 5. The van der Waals surface area contributed by atoms with E-state index in [2.05, 4.69) is 72.2 Å². The van der Waals surface area contributed by atoms with Crippen LogP contribution in [0.5, 0.6) is 0 Å². The Labute approximate surface area is 200 Å². The molecule has 0 aliphatic rings. The quantitative estimate of drug-likeness (QED) is 0.375. The van der Waals surface area contributed by atoms with Crippen molar-refractivity contribution in [3.63, 3.8) is 0 Å². The predicted molar refractivity (Wildman–Crippen MR) is 132 cm³/mol. The smallest absolute Gasteiger partial charge is 0.252 e. The Balaban J connectivity index is 1.78. The lowest BCUT2D eigenvalue weighted by atomic mass is 10.0. The van der Waals surface area contributed by atoms with Crippen LogP contribution >= 0.6 is 0 Å². The summed E-state index contributed by atoms with van der Waals surface area (Å²) in [7, 11) is 0. The highest BCUT2D eigenvalue weighted by atomic mass is 16.3. The van der Waals surface area contributed by atoms with Crippen LogP contribution < -0.4 is 5.56 Å². The zero-order valence-corrected chi connectivity index (χ0v) is 20.9. The highest BCUT2D eigenvalue weighted by Crippen LogP contribution is 2.30. The minimum Gasteiger partial charge on any atom is -0.468 e. The zero-order chi connectivity index (χ0) is 24.5. The Morgan fingerprint density at radius 3 is 2.65 bits per heavy atom. The summed E-state index contributed by atoms with van der Waals surface area (Å²) in [5, 5.41) is 13.8. The SMILES string of the molecule is CCC(c1nnnn1C(C)(C)CC)N(Cc1ccco1)Cc1cc2cc(C)cc(C)c2[nH]c1=O. The molecule has 34 heavy (non-hydrogen) atoms. The third-order valence-electron chi connectivity index (χ3n) is 6.74. The van der Waals surface area contributed by atoms with Crippen LogP contribution in [0.25, 0.3) is 10.9 Å². The van der Waals surface area contributed by atoms with Crippen molar-refractivity contribution in [2.45, 2.75) is 79.1 Å². The molecule has 3 aromatic heterocycles. The molecular weight excluding hydrogens is 428 g/mol. The summed E-state index contributed by atoms with van der Waals surface area (Å²) in [6.07, 6.45) is 3.35. The molecule has 3 heterocycles. The van der Waals surface area contributed by atoms with Gasteiger partial charge in [-0.05, 0) is 86.2 Å². The van der Waals surface area contributed by atoms with Crippen molar-refractivity contribution in [3.8, 4) is 0 Å². The first-order chi connectivity index (χ1) is 16.2. The van der Waals surface area contributed by atoms with Gasteiger partial charge in [0.15, 0.2) is 5.82 Å². The average molecular weight is 463 g/mol. The van der Waals surface area contributed by atoms with E-state index in [-0.39, 0.29) is 17.1 Å². The summed E-state index contributed by atoms with van der Waals surface area (Å²) in [6, 6.07) is 9.95. The van der Waals surface area contributed by atoms with E-state index in [0.717, 1.165) is 40.9 Å². The monoisotopic (exact) mass is 462 g/mol. The molecule has 0 aliphatic heterocycles. The van der Waals surface area contributed by atoms with E-state index in [0.29, 0.717) is 18.7 Å². The molecule has 0 bridgehead atoms. The summed E-state index contributed by atoms with van der Waals surface area (Å²) >= 11 is 0. The van der Waals surface area contributed by atoms with Crippen LogP contribution in [0.4, 0.5) is 0 Å². The molecule has 4 aromatic rings. The van der Waals surface area contributed by atoms with Crippen molar-refractivity contribution in [1.82, 2.24) is 30.1 Å². The molecule has 0 aliphatic carbocycles. The van der Waals surface area contributed by atoms with Crippen LogP contribution in [0.2, 0.25) is 0 Å². The van der Waals surface area contributed by atoms with Crippen LogP contribution in [0, 0.1) is 13.8 Å². The molecule has 0 amide bonds. The number of rotatable bonds is 9. The number of furan rings is 1. The summed E-state index contributed by atoms with van der Waals surface area (Å²) in [5.41, 5.74) is 3.53. The number of hydrogen-bond acceptors (Lipinski definition) is 6. The Hall–Kier alpha value is -3.26. The summed E-state index contributed by atoms with van der Waals surface area (Å²) in [5.74, 6) is 1.63. The van der Waals surface area contributed by atoms with Gasteiger partial charge in [-0.2, -0.15) is 0 Å². The summed E-state index contributed by atoms with van der Waals surface area (Å²) in [4.78, 5) is 18.5. The van der Waals surface area contributed by atoms with Crippen molar-refractivity contribution in [2.24, 2.45) is 0 Å². The third kappa shape index (κ3) is 4.68. The summed E-state index contributed by atoms with van der Waals surface area (Å²) in [6.45, 7) is 13.6. The van der Waals surface area contributed by atoms with Crippen molar-refractivity contribution in [2.75, 3.05) is 0 Å². The minimum atomic E-state index is -0.224. The second kappa shape index (κ2) is 9.54. The standard InChI is InChI=1S/C26H34N6O2/c1-7-22(24-28-29-30-32(24)26(5,6)8-2)31(16-21-10-9-11-34-21)15-20-14-19-13-17(3)12-18(4)23(19)27-25(20)33/h9-14,22H,7-8,15-16H2,1-6H3,(H,27,33). The van der Waals surface area contributed by atoms with Gasteiger partial charge in [0.25, 0.3) is 5.56 Å². The number of aryl methyl sites for hydroxylation is 2. The molecular formula is C26H34N6O2. The largest absolute Gasteiger partial charge is 0.468 e. The van der Waals surface area contributed by atoms with Gasteiger partial charge in [0.05, 0.1) is 29.9 Å². The molecule has 0 radical (unpaired) electrons. The van der Waals surface area contributed by atoms with Gasteiger partial charge in [-0.1, -0.05) is 25.5 Å². The van der Waals surface area contributed by atoms with Crippen LogP contribution in [0.3, 0.4) is 0 Å². The first-order valence-corrected chi connectivity index (χ1v) is 11.9. The van der Waals surface area contributed by atoms with Crippen molar-refractivity contribution in [3.05, 3.63) is 75.2 Å². The fraction of sp³-hybridized carbons (Fsp3) is 0.462. The highest BCUT2D eigenvalue weighted by Gasteiger charge is 2.31. The number of nitrogens with one attached hydrogen (secondary N) is 1. The number of tetrazole rings is 1. The molecule has 1 N–H and O–H groups in total. The maximum atomic E-state index is 13.1. The van der Waals surface area contributed by atoms with Crippen LogP contribution in [-0.4, -0.2) is 30.1 Å². The molecule has 4 rings (SSSR count). The zero-order valence-electron chi connectivity index (χ0n) is 20.9. The molecule has 0 saturated carbocycles. The molecule has 8 heteroatoms. The lowest BCUT2D eigenvalue weighted by Gasteiger charge is -2.32. The van der Waals surface area contributed by atoms with E-state index in [1.165, 1.54) is 5.56 Å². The van der Waals surface area contributed by atoms with Crippen LogP contribution in [0.15, 0.2) is 45.8 Å². The van der Waals surface area contributed by atoms with E-state index >= 15 is 0 Å². The number of hydrogen-bond donors (Lipinski definition) is 1. The van der Waals surface area contributed by atoms with Crippen LogP contribution in [0.1, 0.15) is 74.9 Å². The topological polar surface area (TPSA) is 92.8 Å². The molecule has 1 aromatic carbocycles. The van der Waals surface area contributed by atoms with Gasteiger partial charge >= 0.3 is 0 Å². The second-order valence-corrected chi connectivity index (χ2v) is 9.69. The van der Waals surface area contributed by atoms with Gasteiger partial charge in [0.1, 0.15) is 5.76 Å². The highest BCUT2D eigenvalue weighted by molar-refractivity contribution is 5.82. The third-order valence-corrected chi connectivity index (χ3v) is 6.74.